The third-order valence-corrected chi connectivity index (χ3v) is 3.97. The fraction of sp³-hybridized carbons (Fsp3) is 0.647. The molecule has 0 bridgehead atoms. The molecule has 1 amide bonds. The first kappa shape index (κ1) is 18.4. The number of rotatable bonds is 9. The van der Waals surface area contributed by atoms with E-state index in [-0.39, 0.29) is 17.9 Å². The van der Waals surface area contributed by atoms with E-state index in [4.69, 9.17) is 0 Å². The maximum absolute atomic E-state index is 12.0. The molecule has 1 heterocycles. The van der Waals surface area contributed by atoms with Gasteiger partial charge in [-0.05, 0) is 46.3 Å². The summed E-state index contributed by atoms with van der Waals surface area (Å²) in [5.74, 6) is -0.00214. The SMILES string of the molecule is CCN(CC)CCCCNC(=O)Cn1c(C)cc(=O)cc1C. The number of amides is 1. The molecule has 0 saturated carbocycles. The van der Waals surface area contributed by atoms with Crippen LogP contribution in [-0.2, 0) is 11.3 Å². The second kappa shape index (κ2) is 9.41. The normalized spacial score (nSPS) is 11.0. The Hall–Kier alpha value is -1.62. The third-order valence-electron chi connectivity index (χ3n) is 3.97. The zero-order chi connectivity index (χ0) is 16.5. The molecule has 5 nitrogen and oxygen atoms in total. The van der Waals surface area contributed by atoms with E-state index < -0.39 is 0 Å². The average molecular weight is 307 g/mol. The number of carbonyl (C=O) groups is 1. The smallest absolute Gasteiger partial charge is 0.239 e. The van der Waals surface area contributed by atoms with Crippen LogP contribution in [0.5, 0.6) is 0 Å². The van der Waals surface area contributed by atoms with Gasteiger partial charge in [0.15, 0.2) is 5.43 Å². The van der Waals surface area contributed by atoms with Crippen LogP contribution >= 0.6 is 0 Å². The number of nitrogens with one attached hydrogen (secondary N) is 1. The Balaban J connectivity index is 2.34. The quantitative estimate of drug-likeness (QED) is 0.707. The van der Waals surface area contributed by atoms with Crippen LogP contribution in [-0.4, -0.2) is 41.6 Å². The first-order valence-corrected chi connectivity index (χ1v) is 8.15. The van der Waals surface area contributed by atoms with E-state index in [0.29, 0.717) is 6.54 Å². The molecule has 0 aliphatic rings. The van der Waals surface area contributed by atoms with Gasteiger partial charge >= 0.3 is 0 Å². The van der Waals surface area contributed by atoms with Gasteiger partial charge in [0.1, 0.15) is 6.54 Å². The van der Waals surface area contributed by atoms with Crippen LogP contribution < -0.4 is 10.7 Å². The molecule has 0 atom stereocenters. The first-order chi connectivity index (χ1) is 10.5. The maximum Gasteiger partial charge on any atom is 0.239 e. The standard InChI is InChI=1S/C17H29N3O2/c1-5-19(6-2)10-8-7-9-18-17(22)13-20-14(3)11-16(21)12-15(20)4/h11-12H,5-10,13H2,1-4H3,(H,18,22). The van der Waals surface area contributed by atoms with E-state index in [1.165, 1.54) is 0 Å². The highest BCUT2D eigenvalue weighted by Gasteiger charge is 2.07. The van der Waals surface area contributed by atoms with E-state index in [0.717, 1.165) is 43.9 Å². The molecular weight excluding hydrogens is 278 g/mol. The number of unbranched alkanes of at least 4 members (excludes halogenated alkanes) is 1. The Labute approximate surface area is 133 Å². The van der Waals surface area contributed by atoms with Gasteiger partial charge in [-0.1, -0.05) is 13.8 Å². The molecule has 0 fully saturated rings. The molecule has 0 aliphatic heterocycles. The van der Waals surface area contributed by atoms with Crippen molar-refractivity contribution in [3.8, 4) is 0 Å². The Bertz CT molecular complexity index is 507. The number of aryl methyl sites for hydroxylation is 2. The lowest BCUT2D eigenvalue weighted by atomic mass is 10.2. The Morgan fingerprint density at radius 2 is 1.73 bits per heavy atom. The third kappa shape index (κ3) is 6.02. The second-order valence-electron chi connectivity index (χ2n) is 5.64. The number of aromatic nitrogens is 1. The molecule has 5 heteroatoms. The minimum atomic E-state index is -0.0111. The lowest BCUT2D eigenvalue weighted by molar-refractivity contribution is -0.121. The van der Waals surface area contributed by atoms with Crippen molar-refractivity contribution in [2.24, 2.45) is 0 Å². The van der Waals surface area contributed by atoms with Crippen LogP contribution in [0.15, 0.2) is 16.9 Å². The van der Waals surface area contributed by atoms with Gasteiger partial charge < -0.3 is 14.8 Å². The fourth-order valence-corrected chi connectivity index (χ4v) is 2.56. The minimum Gasteiger partial charge on any atom is -0.355 e. The van der Waals surface area contributed by atoms with Crippen LogP contribution in [0, 0.1) is 13.8 Å². The van der Waals surface area contributed by atoms with Crippen molar-refractivity contribution in [2.45, 2.75) is 47.1 Å². The van der Waals surface area contributed by atoms with E-state index in [9.17, 15) is 9.59 Å². The number of pyridine rings is 1. The van der Waals surface area contributed by atoms with Gasteiger partial charge in [-0.3, -0.25) is 9.59 Å². The van der Waals surface area contributed by atoms with Crippen LogP contribution in [0.1, 0.15) is 38.1 Å². The molecule has 0 aliphatic carbocycles. The van der Waals surface area contributed by atoms with Crippen LogP contribution in [0.25, 0.3) is 0 Å². The summed E-state index contributed by atoms with van der Waals surface area (Å²) in [5.41, 5.74) is 1.63. The van der Waals surface area contributed by atoms with Crippen molar-refractivity contribution in [1.29, 1.82) is 0 Å². The van der Waals surface area contributed by atoms with Gasteiger partial charge in [0, 0.05) is 30.1 Å². The molecule has 0 unspecified atom stereocenters. The van der Waals surface area contributed by atoms with E-state index in [1.807, 2.05) is 18.4 Å². The maximum atomic E-state index is 12.0. The lowest BCUT2D eigenvalue weighted by Gasteiger charge is -2.17. The van der Waals surface area contributed by atoms with Gasteiger partial charge in [-0.25, -0.2) is 0 Å². The molecule has 1 rings (SSSR count). The van der Waals surface area contributed by atoms with Crippen molar-refractivity contribution >= 4 is 5.91 Å². The predicted octanol–water partition coefficient (Wildman–Crippen LogP) is 1.70. The molecule has 1 aromatic rings. The van der Waals surface area contributed by atoms with Crippen molar-refractivity contribution in [3.63, 3.8) is 0 Å². The average Bonchev–Trinajstić information content (AvgIpc) is 2.46. The fourth-order valence-electron chi connectivity index (χ4n) is 2.56. The molecule has 0 saturated heterocycles. The first-order valence-electron chi connectivity index (χ1n) is 8.15. The summed E-state index contributed by atoms with van der Waals surface area (Å²) in [4.78, 5) is 25.8. The van der Waals surface area contributed by atoms with Gasteiger partial charge in [0.05, 0.1) is 0 Å². The number of nitrogens with zero attached hydrogens (tertiary/aromatic N) is 2. The highest BCUT2D eigenvalue weighted by atomic mass is 16.2. The summed E-state index contributed by atoms with van der Waals surface area (Å²) >= 11 is 0. The van der Waals surface area contributed by atoms with Gasteiger partial charge in [0.25, 0.3) is 0 Å². The monoisotopic (exact) mass is 307 g/mol. The summed E-state index contributed by atoms with van der Waals surface area (Å²) in [7, 11) is 0. The molecular formula is C17H29N3O2. The molecule has 0 aromatic carbocycles. The highest BCUT2D eigenvalue weighted by molar-refractivity contribution is 5.75. The van der Waals surface area contributed by atoms with Gasteiger partial charge in [-0.2, -0.15) is 0 Å². The summed E-state index contributed by atoms with van der Waals surface area (Å²) in [6.07, 6.45) is 2.09. The van der Waals surface area contributed by atoms with Crippen molar-refractivity contribution in [2.75, 3.05) is 26.2 Å². The largest absolute Gasteiger partial charge is 0.355 e. The number of carbonyl (C=O) groups excluding carboxylic acids is 1. The number of hydrogen-bond acceptors (Lipinski definition) is 3. The summed E-state index contributed by atoms with van der Waals surface area (Å²) in [6.45, 7) is 12.3. The minimum absolute atomic E-state index is 0.00214. The second-order valence-corrected chi connectivity index (χ2v) is 5.64. The van der Waals surface area contributed by atoms with Crippen molar-refractivity contribution in [1.82, 2.24) is 14.8 Å². The van der Waals surface area contributed by atoms with E-state index in [1.54, 1.807) is 12.1 Å². The summed E-state index contributed by atoms with van der Waals surface area (Å²) < 4.78 is 1.87. The lowest BCUT2D eigenvalue weighted by Crippen LogP contribution is -2.31. The van der Waals surface area contributed by atoms with E-state index >= 15 is 0 Å². The Morgan fingerprint density at radius 3 is 2.27 bits per heavy atom. The van der Waals surface area contributed by atoms with Crippen LogP contribution in [0.3, 0.4) is 0 Å². The molecule has 0 radical (unpaired) electrons. The number of hydrogen-bond donors (Lipinski definition) is 1. The molecule has 0 spiro atoms. The topological polar surface area (TPSA) is 54.3 Å². The molecule has 22 heavy (non-hydrogen) atoms. The summed E-state index contributed by atoms with van der Waals surface area (Å²) in [6, 6.07) is 3.12. The molecule has 1 aromatic heterocycles. The molecule has 1 N–H and O–H groups in total. The van der Waals surface area contributed by atoms with Crippen LogP contribution in [0.4, 0.5) is 0 Å². The predicted molar refractivity (Wildman–Crippen MR) is 90.2 cm³/mol. The zero-order valence-electron chi connectivity index (χ0n) is 14.3. The highest BCUT2D eigenvalue weighted by Crippen LogP contribution is 2.01. The van der Waals surface area contributed by atoms with Crippen molar-refractivity contribution in [3.05, 3.63) is 33.7 Å². The molecule has 124 valence electrons. The van der Waals surface area contributed by atoms with Crippen LogP contribution in [0.2, 0.25) is 0 Å². The van der Waals surface area contributed by atoms with Gasteiger partial charge in [0.2, 0.25) is 5.91 Å². The van der Waals surface area contributed by atoms with E-state index in [2.05, 4.69) is 24.1 Å². The zero-order valence-corrected chi connectivity index (χ0v) is 14.3. The van der Waals surface area contributed by atoms with Gasteiger partial charge in [-0.15, -0.1) is 0 Å². The summed E-state index contributed by atoms with van der Waals surface area (Å²) in [5, 5.41) is 2.95. The Morgan fingerprint density at radius 1 is 1.14 bits per heavy atom. The Kier molecular flexibility index (Phi) is 7.88. The van der Waals surface area contributed by atoms with Crippen molar-refractivity contribution < 1.29 is 4.79 Å².